The Morgan fingerprint density at radius 2 is 1.85 bits per heavy atom. The minimum absolute atomic E-state index is 0.0234. The lowest BCUT2D eigenvalue weighted by Gasteiger charge is -2.35. The van der Waals surface area contributed by atoms with Gasteiger partial charge in [-0.1, -0.05) is 19.1 Å². The quantitative estimate of drug-likeness (QED) is 0.760. The third-order valence-corrected chi connectivity index (χ3v) is 6.25. The van der Waals surface area contributed by atoms with Crippen molar-refractivity contribution in [3.05, 3.63) is 29.8 Å². The number of sulfone groups is 1. The molecule has 2 N–H and O–H groups in total. The predicted octanol–water partition coefficient (Wildman–Crippen LogP) is 1.88. The zero-order chi connectivity index (χ0) is 19.5. The van der Waals surface area contributed by atoms with Crippen LogP contribution in [0.1, 0.15) is 43.5 Å². The van der Waals surface area contributed by atoms with Crippen LogP contribution in [0.3, 0.4) is 0 Å². The van der Waals surface area contributed by atoms with Crippen molar-refractivity contribution in [2.24, 2.45) is 17.6 Å². The van der Waals surface area contributed by atoms with Crippen molar-refractivity contribution in [2.45, 2.75) is 44.0 Å². The number of carbonyl (C=O) groups is 2. The van der Waals surface area contributed by atoms with E-state index in [1.807, 2.05) is 6.92 Å². The second-order valence-electron chi connectivity index (χ2n) is 7.36. The Labute approximate surface area is 155 Å². The van der Waals surface area contributed by atoms with Crippen LogP contribution in [0.25, 0.3) is 0 Å². The SMILES string of the molecule is CC(CC(=O)c1cccc(S(C)(=O)=O)c1)C1CCN(C(=O)[C@H](C)N)CC1. The van der Waals surface area contributed by atoms with Crippen molar-refractivity contribution in [2.75, 3.05) is 19.3 Å². The highest BCUT2D eigenvalue weighted by Gasteiger charge is 2.28. The lowest BCUT2D eigenvalue weighted by Crippen LogP contribution is -2.46. The van der Waals surface area contributed by atoms with Gasteiger partial charge in [-0.25, -0.2) is 8.42 Å². The molecule has 0 aromatic heterocycles. The molecule has 144 valence electrons. The van der Waals surface area contributed by atoms with Crippen LogP contribution in [-0.2, 0) is 14.6 Å². The van der Waals surface area contributed by atoms with E-state index in [4.69, 9.17) is 5.73 Å². The molecule has 1 amide bonds. The first-order valence-electron chi connectivity index (χ1n) is 8.97. The van der Waals surface area contributed by atoms with E-state index in [1.54, 1.807) is 24.0 Å². The molecule has 1 aliphatic rings. The van der Waals surface area contributed by atoms with E-state index in [1.165, 1.54) is 12.1 Å². The first-order valence-corrected chi connectivity index (χ1v) is 10.9. The Kier molecular flexibility index (Phi) is 6.58. The van der Waals surface area contributed by atoms with Crippen molar-refractivity contribution in [3.8, 4) is 0 Å². The van der Waals surface area contributed by atoms with E-state index in [0.717, 1.165) is 19.1 Å². The normalized spacial score (nSPS) is 18.4. The molecule has 26 heavy (non-hydrogen) atoms. The first kappa shape index (κ1) is 20.6. The molecule has 0 spiro atoms. The highest BCUT2D eigenvalue weighted by Crippen LogP contribution is 2.28. The summed E-state index contributed by atoms with van der Waals surface area (Å²) in [6.07, 6.45) is 3.22. The maximum absolute atomic E-state index is 12.6. The molecule has 6 nitrogen and oxygen atoms in total. The number of nitrogens with two attached hydrogens (primary N) is 1. The molecule has 1 aromatic rings. The predicted molar refractivity (Wildman–Crippen MR) is 101 cm³/mol. The van der Waals surface area contributed by atoms with E-state index < -0.39 is 15.9 Å². The number of Topliss-reactive ketones (excluding diaryl/α,β-unsaturated/α-hetero) is 1. The molecule has 1 heterocycles. The Morgan fingerprint density at radius 1 is 1.23 bits per heavy atom. The van der Waals surface area contributed by atoms with Gasteiger partial charge in [0, 0.05) is 31.3 Å². The average Bonchev–Trinajstić information content (AvgIpc) is 2.60. The molecule has 0 radical (unpaired) electrons. The lowest BCUT2D eigenvalue weighted by atomic mass is 9.82. The molecule has 2 atom stereocenters. The van der Waals surface area contributed by atoms with Gasteiger partial charge in [0.05, 0.1) is 10.9 Å². The third-order valence-electron chi connectivity index (χ3n) is 5.14. The van der Waals surface area contributed by atoms with E-state index in [2.05, 4.69) is 0 Å². The van der Waals surface area contributed by atoms with Crippen molar-refractivity contribution in [3.63, 3.8) is 0 Å². The molecule has 1 fully saturated rings. The Morgan fingerprint density at radius 3 is 2.38 bits per heavy atom. The largest absolute Gasteiger partial charge is 0.341 e. The minimum atomic E-state index is -3.33. The number of hydrogen-bond donors (Lipinski definition) is 1. The highest BCUT2D eigenvalue weighted by atomic mass is 32.2. The molecule has 1 aliphatic heterocycles. The fourth-order valence-electron chi connectivity index (χ4n) is 3.45. The summed E-state index contributed by atoms with van der Waals surface area (Å²) < 4.78 is 23.3. The number of likely N-dealkylation sites (tertiary alicyclic amines) is 1. The Bertz CT molecular complexity index is 765. The average molecular weight is 381 g/mol. The van der Waals surface area contributed by atoms with Gasteiger partial charge in [0.1, 0.15) is 0 Å². The van der Waals surface area contributed by atoms with Gasteiger partial charge in [-0.05, 0) is 43.7 Å². The molecule has 7 heteroatoms. The van der Waals surface area contributed by atoms with Crippen LogP contribution in [0.4, 0.5) is 0 Å². The molecular weight excluding hydrogens is 352 g/mol. The maximum atomic E-state index is 12.6. The number of amides is 1. The number of carbonyl (C=O) groups excluding carboxylic acids is 2. The van der Waals surface area contributed by atoms with Crippen LogP contribution >= 0.6 is 0 Å². The van der Waals surface area contributed by atoms with Gasteiger partial charge in [0.15, 0.2) is 15.6 Å². The van der Waals surface area contributed by atoms with Crippen molar-refractivity contribution in [1.82, 2.24) is 4.90 Å². The van der Waals surface area contributed by atoms with Crippen molar-refractivity contribution < 1.29 is 18.0 Å². The van der Waals surface area contributed by atoms with E-state index in [9.17, 15) is 18.0 Å². The number of rotatable bonds is 6. The standard InChI is InChI=1S/C19H28N2O4S/c1-13(15-7-9-21(10-8-15)19(23)14(2)20)11-18(22)16-5-4-6-17(12-16)26(3,24)25/h4-6,12-15H,7-11,20H2,1-3H3/t13?,14-/m0/s1. The number of piperidine rings is 1. The summed E-state index contributed by atoms with van der Waals surface area (Å²) in [6.45, 7) is 5.09. The zero-order valence-corrected chi connectivity index (χ0v) is 16.5. The van der Waals surface area contributed by atoms with Gasteiger partial charge in [-0.3, -0.25) is 9.59 Å². The molecule has 1 unspecified atom stereocenters. The van der Waals surface area contributed by atoms with Crippen LogP contribution in [0.2, 0.25) is 0 Å². The van der Waals surface area contributed by atoms with Gasteiger partial charge >= 0.3 is 0 Å². The van der Waals surface area contributed by atoms with Crippen LogP contribution in [0.5, 0.6) is 0 Å². The van der Waals surface area contributed by atoms with Crippen LogP contribution in [-0.4, -0.2) is 50.4 Å². The summed E-state index contributed by atoms with van der Waals surface area (Å²) in [5, 5.41) is 0. The summed E-state index contributed by atoms with van der Waals surface area (Å²) in [4.78, 5) is 26.5. The van der Waals surface area contributed by atoms with Gasteiger partial charge < -0.3 is 10.6 Å². The molecule has 1 saturated heterocycles. The topological polar surface area (TPSA) is 97.5 Å². The van der Waals surface area contributed by atoms with Gasteiger partial charge in [0.2, 0.25) is 5.91 Å². The monoisotopic (exact) mass is 380 g/mol. The Balaban J connectivity index is 1.95. The third kappa shape index (κ3) is 5.14. The molecule has 0 aliphatic carbocycles. The summed E-state index contributed by atoms with van der Waals surface area (Å²) in [7, 11) is -3.33. The van der Waals surface area contributed by atoms with E-state index in [-0.39, 0.29) is 22.5 Å². The van der Waals surface area contributed by atoms with Crippen LogP contribution in [0.15, 0.2) is 29.2 Å². The Hall–Kier alpha value is -1.73. The van der Waals surface area contributed by atoms with Crippen molar-refractivity contribution >= 4 is 21.5 Å². The fraction of sp³-hybridized carbons (Fsp3) is 0.579. The summed E-state index contributed by atoms with van der Waals surface area (Å²) >= 11 is 0. The number of benzene rings is 1. The zero-order valence-electron chi connectivity index (χ0n) is 15.6. The summed E-state index contributed by atoms with van der Waals surface area (Å²) in [5.41, 5.74) is 6.09. The molecule has 2 rings (SSSR count). The summed E-state index contributed by atoms with van der Waals surface area (Å²) in [5.74, 6) is 0.480. The summed E-state index contributed by atoms with van der Waals surface area (Å²) in [6, 6.07) is 5.74. The second kappa shape index (κ2) is 8.31. The van der Waals surface area contributed by atoms with Gasteiger partial charge in [-0.15, -0.1) is 0 Å². The van der Waals surface area contributed by atoms with Crippen LogP contribution in [0, 0.1) is 11.8 Å². The number of hydrogen-bond acceptors (Lipinski definition) is 5. The highest BCUT2D eigenvalue weighted by molar-refractivity contribution is 7.90. The smallest absolute Gasteiger partial charge is 0.239 e. The van der Waals surface area contributed by atoms with Gasteiger partial charge in [-0.2, -0.15) is 0 Å². The van der Waals surface area contributed by atoms with E-state index in [0.29, 0.717) is 31.0 Å². The van der Waals surface area contributed by atoms with E-state index >= 15 is 0 Å². The fourth-order valence-corrected chi connectivity index (χ4v) is 4.12. The molecule has 1 aromatic carbocycles. The molecular formula is C19H28N2O4S. The van der Waals surface area contributed by atoms with Crippen molar-refractivity contribution in [1.29, 1.82) is 0 Å². The number of nitrogens with zero attached hydrogens (tertiary/aromatic N) is 1. The van der Waals surface area contributed by atoms with Gasteiger partial charge in [0.25, 0.3) is 0 Å². The van der Waals surface area contributed by atoms with Crippen LogP contribution < -0.4 is 5.73 Å². The maximum Gasteiger partial charge on any atom is 0.239 e. The molecule has 0 saturated carbocycles. The molecule has 0 bridgehead atoms. The number of ketones is 1. The first-order chi connectivity index (χ1) is 12.1. The minimum Gasteiger partial charge on any atom is -0.341 e. The second-order valence-corrected chi connectivity index (χ2v) is 9.37. The lowest BCUT2D eigenvalue weighted by molar-refractivity contribution is -0.133.